The number of hydrogen-bond acceptors (Lipinski definition) is 6. The second-order valence-corrected chi connectivity index (χ2v) is 7.31. The third-order valence-corrected chi connectivity index (χ3v) is 5.22. The zero-order chi connectivity index (χ0) is 19.8. The van der Waals surface area contributed by atoms with Crippen molar-refractivity contribution >= 4 is 28.6 Å². The second kappa shape index (κ2) is 7.12. The van der Waals surface area contributed by atoms with Crippen molar-refractivity contribution in [1.29, 1.82) is 0 Å². The Morgan fingerprint density at radius 1 is 1.04 bits per heavy atom. The maximum absolute atomic E-state index is 13.5. The second-order valence-electron chi connectivity index (χ2n) is 6.54. The van der Waals surface area contributed by atoms with Gasteiger partial charge in [-0.1, -0.05) is 42.1 Å². The average molecular weight is 392 g/mol. The van der Waals surface area contributed by atoms with E-state index in [0.29, 0.717) is 27.8 Å². The number of anilines is 1. The minimum Gasteiger partial charge on any atom is -0.368 e. The molecule has 2 heterocycles. The standard InChI is InChI=1S/C20H20N6OS/c1-12-7-4-5-10-15(12)26-16(11-25-19(21)23-20(24-25)28-3)22-14-9-6-8-13(2)17(14)18(26)27/h4-10H,11H2,1-3H3,(H2,21,23,24). The summed E-state index contributed by atoms with van der Waals surface area (Å²) in [5.41, 5.74) is 9.25. The van der Waals surface area contributed by atoms with Crippen LogP contribution in [0.3, 0.4) is 0 Å². The molecule has 4 aromatic rings. The van der Waals surface area contributed by atoms with E-state index in [1.807, 2.05) is 62.6 Å². The van der Waals surface area contributed by atoms with Gasteiger partial charge in [-0.15, -0.1) is 5.10 Å². The molecule has 0 aliphatic heterocycles. The van der Waals surface area contributed by atoms with E-state index in [-0.39, 0.29) is 12.1 Å². The Morgan fingerprint density at radius 2 is 1.79 bits per heavy atom. The normalized spacial score (nSPS) is 11.2. The largest absolute Gasteiger partial charge is 0.368 e. The molecular formula is C20H20N6OS. The molecule has 0 saturated heterocycles. The number of nitrogens with two attached hydrogens (primary N) is 1. The van der Waals surface area contributed by atoms with Crippen LogP contribution in [0, 0.1) is 13.8 Å². The van der Waals surface area contributed by atoms with Gasteiger partial charge in [0.05, 0.1) is 16.6 Å². The molecular weight excluding hydrogens is 372 g/mol. The summed E-state index contributed by atoms with van der Waals surface area (Å²) in [6.45, 7) is 4.14. The quantitative estimate of drug-likeness (QED) is 0.537. The maximum atomic E-state index is 13.5. The summed E-state index contributed by atoms with van der Waals surface area (Å²) in [6.07, 6.45) is 1.89. The number of rotatable bonds is 4. The lowest BCUT2D eigenvalue weighted by molar-refractivity contribution is 0.629. The van der Waals surface area contributed by atoms with Crippen LogP contribution in [0.5, 0.6) is 0 Å². The first-order valence-corrected chi connectivity index (χ1v) is 10.0. The van der Waals surface area contributed by atoms with Crippen LogP contribution < -0.4 is 11.3 Å². The van der Waals surface area contributed by atoms with Gasteiger partial charge in [0.1, 0.15) is 12.4 Å². The van der Waals surface area contributed by atoms with E-state index in [1.54, 1.807) is 9.25 Å². The summed E-state index contributed by atoms with van der Waals surface area (Å²) in [5.74, 6) is 0.848. The third-order valence-electron chi connectivity index (χ3n) is 4.69. The Hall–Kier alpha value is -3.13. The van der Waals surface area contributed by atoms with Gasteiger partial charge in [-0.3, -0.25) is 9.36 Å². The Bertz CT molecular complexity index is 1240. The lowest BCUT2D eigenvalue weighted by Crippen LogP contribution is -2.27. The molecule has 0 bridgehead atoms. The molecule has 142 valence electrons. The molecule has 4 rings (SSSR count). The van der Waals surface area contributed by atoms with Gasteiger partial charge in [0.2, 0.25) is 11.1 Å². The summed E-state index contributed by atoms with van der Waals surface area (Å²) in [5, 5.41) is 5.60. The molecule has 0 radical (unpaired) electrons. The molecule has 2 N–H and O–H groups in total. The molecule has 0 atom stereocenters. The van der Waals surface area contributed by atoms with Crippen molar-refractivity contribution in [3.63, 3.8) is 0 Å². The first-order valence-electron chi connectivity index (χ1n) is 8.81. The first-order chi connectivity index (χ1) is 13.5. The summed E-state index contributed by atoms with van der Waals surface area (Å²) >= 11 is 1.41. The van der Waals surface area contributed by atoms with Crippen LogP contribution >= 0.6 is 11.8 Å². The van der Waals surface area contributed by atoms with Crippen LogP contribution in [0.2, 0.25) is 0 Å². The SMILES string of the molecule is CSc1nc(N)n(Cc2nc3cccc(C)c3c(=O)n2-c2ccccc2C)n1. The highest BCUT2D eigenvalue weighted by molar-refractivity contribution is 7.98. The van der Waals surface area contributed by atoms with Crippen molar-refractivity contribution in [3.8, 4) is 5.69 Å². The van der Waals surface area contributed by atoms with Crippen molar-refractivity contribution in [2.75, 3.05) is 12.0 Å². The van der Waals surface area contributed by atoms with Crippen molar-refractivity contribution in [2.24, 2.45) is 0 Å². The van der Waals surface area contributed by atoms with E-state index in [1.165, 1.54) is 11.8 Å². The van der Waals surface area contributed by atoms with Gasteiger partial charge in [-0.05, 0) is 43.4 Å². The number of benzene rings is 2. The van der Waals surface area contributed by atoms with Crippen LogP contribution in [-0.4, -0.2) is 30.6 Å². The number of nitrogens with zero attached hydrogens (tertiary/aromatic N) is 5. The van der Waals surface area contributed by atoms with Crippen LogP contribution in [0.25, 0.3) is 16.6 Å². The van der Waals surface area contributed by atoms with Gasteiger partial charge >= 0.3 is 0 Å². The number of thioether (sulfide) groups is 1. The molecule has 2 aromatic heterocycles. The van der Waals surface area contributed by atoms with Crippen LogP contribution in [0.15, 0.2) is 52.4 Å². The van der Waals surface area contributed by atoms with Gasteiger partial charge < -0.3 is 5.73 Å². The third kappa shape index (κ3) is 3.05. The van der Waals surface area contributed by atoms with E-state index in [2.05, 4.69) is 10.1 Å². The molecule has 0 aliphatic rings. The highest BCUT2D eigenvalue weighted by Crippen LogP contribution is 2.20. The highest BCUT2D eigenvalue weighted by atomic mass is 32.2. The van der Waals surface area contributed by atoms with Crippen molar-refractivity contribution in [2.45, 2.75) is 25.5 Å². The Balaban J connectivity index is 2.01. The van der Waals surface area contributed by atoms with E-state index in [0.717, 1.165) is 16.8 Å². The highest BCUT2D eigenvalue weighted by Gasteiger charge is 2.17. The van der Waals surface area contributed by atoms with Gasteiger partial charge in [0.15, 0.2) is 0 Å². The predicted octanol–water partition coefficient (Wildman–Crippen LogP) is 2.95. The summed E-state index contributed by atoms with van der Waals surface area (Å²) < 4.78 is 3.23. The van der Waals surface area contributed by atoms with Gasteiger partial charge in [-0.2, -0.15) is 4.98 Å². The lowest BCUT2D eigenvalue weighted by Gasteiger charge is -2.16. The van der Waals surface area contributed by atoms with Crippen molar-refractivity contribution in [1.82, 2.24) is 24.3 Å². The van der Waals surface area contributed by atoms with E-state index in [4.69, 9.17) is 10.7 Å². The first kappa shape index (κ1) is 18.2. The minimum atomic E-state index is -0.101. The number of fused-ring (bicyclic) bond motifs is 1. The Kier molecular flexibility index (Phi) is 4.64. The molecule has 7 nitrogen and oxygen atoms in total. The fourth-order valence-electron chi connectivity index (χ4n) is 3.28. The lowest BCUT2D eigenvalue weighted by atomic mass is 10.1. The number of para-hydroxylation sites is 1. The molecule has 0 spiro atoms. The summed E-state index contributed by atoms with van der Waals surface area (Å²) in [7, 11) is 0. The van der Waals surface area contributed by atoms with Crippen molar-refractivity contribution in [3.05, 3.63) is 69.8 Å². The van der Waals surface area contributed by atoms with E-state index >= 15 is 0 Å². The fraction of sp³-hybridized carbons (Fsp3) is 0.200. The maximum Gasteiger partial charge on any atom is 0.266 e. The minimum absolute atomic E-state index is 0.101. The molecule has 0 saturated carbocycles. The smallest absolute Gasteiger partial charge is 0.266 e. The van der Waals surface area contributed by atoms with Crippen LogP contribution in [0.1, 0.15) is 17.0 Å². The van der Waals surface area contributed by atoms with E-state index < -0.39 is 0 Å². The summed E-state index contributed by atoms with van der Waals surface area (Å²) in [4.78, 5) is 22.5. The molecule has 2 aromatic carbocycles. The number of hydrogen-bond donors (Lipinski definition) is 1. The molecule has 0 amide bonds. The topological polar surface area (TPSA) is 91.6 Å². The average Bonchev–Trinajstić information content (AvgIpc) is 3.03. The van der Waals surface area contributed by atoms with Gasteiger partial charge in [0, 0.05) is 0 Å². The van der Waals surface area contributed by atoms with Crippen LogP contribution in [-0.2, 0) is 6.54 Å². The molecule has 0 fully saturated rings. The van der Waals surface area contributed by atoms with Crippen LogP contribution in [0.4, 0.5) is 5.95 Å². The van der Waals surface area contributed by atoms with Crippen molar-refractivity contribution < 1.29 is 0 Å². The molecule has 28 heavy (non-hydrogen) atoms. The summed E-state index contributed by atoms with van der Waals surface area (Å²) in [6, 6.07) is 13.4. The zero-order valence-corrected chi connectivity index (χ0v) is 16.7. The molecule has 8 heteroatoms. The van der Waals surface area contributed by atoms with E-state index in [9.17, 15) is 4.79 Å². The molecule has 0 aliphatic carbocycles. The monoisotopic (exact) mass is 392 g/mol. The molecule has 0 unspecified atom stereocenters. The predicted molar refractivity (Wildman–Crippen MR) is 112 cm³/mol. The Labute approximate surface area is 166 Å². The number of aryl methyl sites for hydroxylation is 2. The number of aromatic nitrogens is 5. The zero-order valence-electron chi connectivity index (χ0n) is 15.9. The fourth-order valence-corrected chi connectivity index (χ4v) is 3.64. The Morgan fingerprint density at radius 3 is 2.50 bits per heavy atom. The van der Waals surface area contributed by atoms with Gasteiger partial charge in [-0.25, -0.2) is 9.67 Å². The van der Waals surface area contributed by atoms with Gasteiger partial charge in [0.25, 0.3) is 5.56 Å². The number of nitrogen functional groups attached to an aromatic ring is 1.